The van der Waals surface area contributed by atoms with Gasteiger partial charge in [0.1, 0.15) is 5.78 Å². The van der Waals surface area contributed by atoms with Gasteiger partial charge in [-0.25, -0.2) is 0 Å². The van der Waals surface area contributed by atoms with Crippen molar-refractivity contribution in [3.63, 3.8) is 0 Å². The third-order valence-corrected chi connectivity index (χ3v) is 3.21. The van der Waals surface area contributed by atoms with Crippen LogP contribution in [0.2, 0.25) is 0 Å². The number of carbonyl (C=O) groups is 1. The number of H-pyrrole nitrogens is 1. The van der Waals surface area contributed by atoms with Crippen molar-refractivity contribution in [3.8, 4) is 0 Å². The van der Waals surface area contributed by atoms with Gasteiger partial charge < -0.3 is 15.1 Å². The molecule has 96 valence electrons. The molecule has 1 aromatic heterocycles. The van der Waals surface area contributed by atoms with Crippen LogP contribution in [-0.2, 0) is 11.3 Å². The van der Waals surface area contributed by atoms with E-state index in [1.807, 2.05) is 6.07 Å². The zero-order valence-corrected chi connectivity index (χ0v) is 11.0. The van der Waals surface area contributed by atoms with Gasteiger partial charge in [0.15, 0.2) is 0 Å². The first-order chi connectivity index (χ1) is 8.68. The molecule has 0 amide bonds. The minimum absolute atomic E-state index is 0.264. The number of ketones is 1. The van der Waals surface area contributed by atoms with Crippen LogP contribution in [0.3, 0.4) is 0 Å². The molecule has 0 spiro atoms. The Hall–Kier alpha value is -1.61. The molecule has 2 rings (SSSR count). The Morgan fingerprint density at radius 3 is 2.89 bits per heavy atom. The standard InChI is InChI=1S/C15H20N2O/c1-11(18)6-5-9-16-10-14-12(2)17-15-8-4-3-7-13(14)15/h3-4,7-8,16-17H,5-6,9-10H2,1-2H3. The fourth-order valence-corrected chi connectivity index (χ4v) is 2.24. The van der Waals surface area contributed by atoms with Crippen LogP contribution in [-0.4, -0.2) is 17.3 Å². The van der Waals surface area contributed by atoms with Crippen LogP contribution >= 0.6 is 0 Å². The molecule has 18 heavy (non-hydrogen) atoms. The first-order valence-corrected chi connectivity index (χ1v) is 6.45. The van der Waals surface area contributed by atoms with Crippen molar-refractivity contribution in [1.82, 2.24) is 10.3 Å². The van der Waals surface area contributed by atoms with Gasteiger partial charge in [-0.1, -0.05) is 18.2 Å². The van der Waals surface area contributed by atoms with E-state index in [9.17, 15) is 4.79 Å². The van der Waals surface area contributed by atoms with E-state index in [1.54, 1.807) is 6.92 Å². The molecule has 1 aromatic carbocycles. The molecule has 0 atom stereocenters. The van der Waals surface area contributed by atoms with E-state index < -0.39 is 0 Å². The summed E-state index contributed by atoms with van der Waals surface area (Å²) in [5, 5.41) is 4.69. The fraction of sp³-hybridized carbons (Fsp3) is 0.400. The van der Waals surface area contributed by atoms with Gasteiger partial charge in [-0.3, -0.25) is 0 Å². The predicted molar refractivity (Wildman–Crippen MR) is 74.7 cm³/mol. The fourth-order valence-electron chi connectivity index (χ4n) is 2.24. The van der Waals surface area contributed by atoms with Crippen LogP contribution in [0.4, 0.5) is 0 Å². The number of aromatic nitrogens is 1. The summed E-state index contributed by atoms with van der Waals surface area (Å²) in [6, 6.07) is 8.35. The highest BCUT2D eigenvalue weighted by atomic mass is 16.1. The summed E-state index contributed by atoms with van der Waals surface area (Å²) in [5.74, 6) is 0.264. The number of benzene rings is 1. The molecular weight excluding hydrogens is 224 g/mol. The number of hydrogen-bond donors (Lipinski definition) is 2. The molecule has 2 aromatic rings. The maximum Gasteiger partial charge on any atom is 0.129 e. The van der Waals surface area contributed by atoms with E-state index in [-0.39, 0.29) is 5.78 Å². The molecule has 0 unspecified atom stereocenters. The highest BCUT2D eigenvalue weighted by Gasteiger charge is 2.06. The number of hydrogen-bond acceptors (Lipinski definition) is 2. The third-order valence-electron chi connectivity index (χ3n) is 3.21. The van der Waals surface area contributed by atoms with E-state index in [4.69, 9.17) is 0 Å². The topological polar surface area (TPSA) is 44.9 Å². The number of aryl methyl sites for hydroxylation is 1. The zero-order valence-electron chi connectivity index (χ0n) is 11.0. The molecule has 3 nitrogen and oxygen atoms in total. The number of aromatic amines is 1. The zero-order chi connectivity index (χ0) is 13.0. The highest BCUT2D eigenvalue weighted by Crippen LogP contribution is 2.21. The van der Waals surface area contributed by atoms with Crippen LogP contribution in [0, 0.1) is 6.92 Å². The Balaban J connectivity index is 1.95. The van der Waals surface area contributed by atoms with Gasteiger partial charge in [0.05, 0.1) is 0 Å². The molecule has 0 aliphatic rings. The van der Waals surface area contributed by atoms with Crippen molar-refractivity contribution in [2.75, 3.05) is 6.54 Å². The quantitative estimate of drug-likeness (QED) is 0.767. The van der Waals surface area contributed by atoms with Gasteiger partial charge in [0, 0.05) is 29.6 Å². The first-order valence-electron chi connectivity index (χ1n) is 6.45. The van der Waals surface area contributed by atoms with Crippen LogP contribution in [0.15, 0.2) is 24.3 Å². The summed E-state index contributed by atoms with van der Waals surface area (Å²) in [7, 11) is 0. The second-order valence-electron chi connectivity index (χ2n) is 4.76. The number of para-hydroxylation sites is 1. The SMILES string of the molecule is CC(=O)CCCNCc1c(C)[nH]c2ccccc12. The Morgan fingerprint density at radius 2 is 2.11 bits per heavy atom. The lowest BCUT2D eigenvalue weighted by atomic mass is 10.1. The van der Waals surface area contributed by atoms with Crippen LogP contribution < -0.4 is 5.32 Å². The largest absolute Gasteiger partial charge is 0.358 e. The van der Waals surface area contributed by atoms with Crippen LogP contribution in [0.5, 0.6) is 0 Å². The van der Waals surface area contributed by atoms with Gasteiger partial charge in [-0.15, -0.1) is 0 Å². The second-order valence-corrected chi connectivity index (χ2v) is 4.76. The summed E-state index contributed by atoms with van der Waals surface area (Å²) < 4.78 is 0. The van der Waals surface area contributed by atoms with Crippen molar-refractivity contribution < 1.29 is 4.79 Å². The van der Waals surface area contributed by atoms with Gasteiger partial charge >= 0.3 is 0 Å². The minimum Gasteiger partial charge on any atom is -0.358 e. The van der Waals surface area contributed by atoms with E-state index in [2.05, 4.69) is 35.4 Å². The summed E-state index contributed by atoms with van der Waals surface area (Å²) in [5.41, 5.74) is 3.74. The number of fused-ring (bicyclic) bond motifs is 1. The van der Waals surface area contributed by atoms with Crippen molar-refractivity contribution in [2.24, 2.45) is 0 Å². The smallest absolute Gasteiger partial charge is 0.129 e. The van der Waals surface area contributed by atoms with E-state index in [0.29, 0.717) is 6.42 Å². The molecule has 0 radical (unpaired) electrons. The Labute approximate surface area is 108 Å². The van der Waals surface area contributed by atoms with E-state index in [0.717, 1.165) is 19.5 Å². The molecule has 2 N–H and O–H groups in total. The third kappa shape index (κ3) is 2.99. The molecule has 1 heterocycles. The number of nitrogens with one attached hydrogen (secondary N) is 2. The molecule has 0 aliphatic carbocycles. The Kier molecular flexibility index (Phi) is 4.15. The van der Waals surface area contributed by atoms with Crippen LogP contribution in [0.1, 0.15) is 31.0 Å². The van der Waals surface area contributed by atoms with Crippen molar-refractivity contribution >= 4 is 16.7 Å². The molecule has 3 heteroatoms. The van der Waals surface area contributed by atoms with Gasteiger partial charge in [0.2, 0.25) is 0 Å². The van der Waals surface area contributed by atoms with E-state index in [1.165, 1.54) is 22.2 Å². The Morgan fingerprint density at radius 1 is 1.33 bits per heavy atom. The maximum atomic E-state index is 10.8. The van der Waals surface area contributed by atoms with Gasteiger partial charge in [-0.05, 0) is 38.4 Å². The normalized spacial score (nSPS) is 11.0. The molecule has 0 saturated heterocycles. The summed E-state index contributed by atoms with van der Waals surface area (Å²) in [6.07, 6.45) is 1.58. The van der Waals surface area contributed by atoms with Crippen molar-refractivity contribution in [3.05, 3.63) is 35.5 Å². The predicted octanol–water partition coefficient (Wildman–Crippen LogP) is 2.94. The maximum absolute atomic E-state index is 10.8. The number of Topliss-reactive ketones (excluding diaryl/α,β-unsaturated/α-hetero) is 1. The molecule has 0 fully saturated rings. The van der Waals surface area contributed by atoms with Crippen molar-refractivity contribution in [1.29, 1.82) is 0 Å². The van der Waals surface area contributed by atoms with Gasteiger partial charge in [-0.2, -0.15) is 0 Å². The Bertz CT molecular complexity index is 542. The lowest BCUT2D eigenvalue weighted by Crippen LogP contribution is -2.15. The lowest BCUT2D eigenvalue weighted by molar-refractivity contribution is -0.117. The van der Waals surface area contributed by atoms with Crippen molar-refractivity contribution in [2.45, 2.75) is 33.2 Å². The minimum atomic E-state index is 0.264. The average Bonchev–Trinajstić information content (AvgIpc) is 2.65. The lowest BCUT2D eigenvalue weighted by Gasteiger charge is -2.04. The first kappa shape index (κ1) is 12.8. The molecule has 0 bridgehead atoms. The number of carbonyl (C=O) groups excluding carboxylic acids is 1. The van der Waals surface area contributed by atoms with Gasteiger partial charge in [0.25, 0.3) is 0 Å². The summed E-state index contributed by atoms with van der Waals surface area (Å²) in [4.78, 5) is 14.2. The summed E-state index contributed by atoms with van der Waals surface area (Å²) >= 11 is 0. The summed E-state index contributed by atoms with van der Waals surface area (Å²) in [6.45, 7) is 5.49. The number of rotatable bonds is 6. The molecule has 0 aliphatic heterocycles. The molecular formula is C15H20N2O. The average molecular weight is 244 g/mol. The highest BCUT2D eigenvalue weighted by molar-refractivity contribution is 5.84. The monoisotopic (exact) mass is 244 g/mol. The van der Waals surface area contributed by atoms with E-state index >= 15 is 0 Å². The molecule has 0 saturated carbocycles. The van der Waals surface area contributed by atoms with Crippen LogP contribution in [0.25, 0.3) is 10.9 Å². The second kappa shape index (κ2) is 5.83.